The Morgan fingerprint density at radius 3 is 2.43 bits per heavy atom. The predicted octanol–water partition coefficient (Wildman–Crippen LogP) is 3.82. The zero-order chi connectivity index (χ0) is 25.8. The molecule has 1 aromatic rings. The summed E-state index contributed by atoms with van der Waals surface area (Å²) < 4.78 is 28.6. The Labute approximate surface area is 210 Å². The van der Waals surface area contributed by atoms with Crippen LogP contribution >= 0.6 is 0 Å². The van der Waals surface area contributed by atoms with Gasteiger partial charge in [-0.3, -0.25) is 9.59 Å². The normalized spacial score (nSPS) is 29.9. The fraction of sp³-hybridized carbons (Fsp3) is 0.704. The number of hydrogen-bond acceptors (Lipinski definition) is 4. The number of fused-ring (bicyclic) bond motifs is 2. The molecule has 2 bridgehead atoms. The minimum Gasteiger partial charge on any atom is -0.348 e. The number of carbonyl (C=O) groups is 2. The van der Waals surface area contributed by atoms with E-state index >= 15 is 0 Å². The lowest BCUT2D eigenvalue weighted by molar-refractivity contribution is -0.134. The summed E-state index contributed by atoms with van der Waals surface area (Å²) in [6.07, 6.45) is 3.96. The van der Waals surface area contributed by atoms with Crippen LogP contribution in [-0.4, -0.2) is 61.7 Å². The van der Waals surface area contributed by atoms with Crippen LogP contribution < -0.4 is 5.32 Å². The minimum atomic E-state index is -3.82. The fourth-order valence-corrected chi connectivity index (χ4v) is 8.73. The van der Waals surface area contributed by atoms with E-state index in [9.17, 15) is 18.0 Å². The molecule has 8 heteroatoms. The van der Waals surface area contributed by atoms with Crippen molar-refractivity contribution in [2.75, 3.05) is 26.2 Å². The third kappa shape index (κ3) is 4.41. The van der Waals surface area contributed by atoms with E-state index in [0.717, 1.165) is 12.8 Å². The molecule has 1 N–H and O–H groups in total. The Kier molecular flexibility index (Phi) is 6.86. The van der Waals surface area contributed by atoms with Crippen LogP contribution in [0.4, 0.5) is 0 Å². The van der Waals surface area contributed by atoms with Gasteiger partial charge in [0.05, 0.1) is 10.8 Å². The van der Waals surface area contributed by atoms with Gasteiger partial charge in [-0.25, -0.2) is 8.42 Å². The van der Waals surface area contributed by atoms with Crippen LogP contribution in [-0.2, 0) is 14.8 Å². The first kappa shape index (κ1) is 26.1. The number of benzene rings is 1. The summed E-state index contributed by atoms with van der Waals surface area (Å²) >= 11 is 0. The molecular weight excluding hydrogens is 462 g/mol. The molecule has 7 nitrogen and oxygen atoms in total. The molecule has 4 atom stereocenters. The molecule has 2 amide bonds. The molecule has 35 heavy (non-hydrogen) atoms. The second-order valence-electron chi connectivity index (χ2n) is 11.7. The third-order valence-corrected chi connectivity index (χ3v) is 11.2. The molecule has 0 radical (unpaired) electrons. The Morgan fingerprint density at radius 1 is 1.14 bits per heavy atom. The molecule has 1 heterocycles. The number of nitrogens with one attached hydrogen (secondary N) is 1. The number of hydrogen-bond donors (Lipinski definition) is 1. The van der Waals surface area contributed by atoms with Crippen LogP contribution in [0.5, 0.6) is 0 Å². The van der Waals surface area contributed by atoms with E-state index in [4.69, 9.17) is 0 Å². The Bertz CT molecular complexity index is 1110. The van der Waals surface area contributed by atoms with Gasteiger partial charge in [0.25, 0.3) is 5.91 Å². The highest BCUT2D eigenvalue weighted by Gasteiger charge is 2.59. The number of nitrogens with zero attached hydrogens (tertiary/aromatic N) is 2. The van der Waals surface area contributed by atoms with E-state index in [1.807, 2.05) is 13.8 Å². The quantitative estimate of drug-likeness (QED) is 0.613. The van der Waals surface area contributed by atoms with E-state index in [1.165, 1.54) is 16.8 Å². The van der Waals surface area contributed by atoms with E-state index in [1.54, 1.807) is 24.0 Å². The van der Waals surface area contributed by atoms with Crippen molar-refractivity contribution in [3.63, 3.8) is 0 Å². The maximum atomic E-state index is 13.6. The molecule has 194 valence electrons. The lowest BCUT2D eigenvalue weighted by Gasteiger charge is -2.43. The van der Waals surface area contributed by atoms with Crippen LogP contribution in [0.3, 0.4) is 0 Å². The molecule has 4 rings (SSSR count). The first-order chi connectivity index (χ1) is 16.3. The lowest BCUT2D eigenvalue weighted by Crippen LogP contribution is -2.52. The smallest absolute Gasteiger partial charge is 0.251 e. The van der Waals surface area contributed by atoms with Crippen LogP contribution in [0.1, 0.15) is 76.2 Å². The maximum Gasteiger partial charge on any atom is 0.251 e. The summed E-state index contributed by atoms with van der Waals surface area (Å²) in [4.78, 5) is 28.0. The molecule has 1 saturated heterocycles. The van der Waals surface area contributed by atoms with Gasteiger partial charge in [0.15, 0.2) is 0 Å². The van der Waals surface area contributed by atoms with Crippen molar-refractivity contribution in [3.05, 3.63) is 29.3 Å². The standard InChI is InChI=1S/C27H41N3O4S/c1-7-29(8-2)24(32)20-12-14-30(17-20)35(33,34)22-15-19(10-9-18(22)3)23(31)28-25-26(4,5)21-11-13-27(25,6)16-21/h9-10,15,20-21,25H,7-8,11-14,16-17H2,1-6H3,(H,28,31)/t20?,21-,25?,27+/m1/s1. The fourth-order valence-electron chi connectivity index (χ4n) is 6.98. The van der Waals surface area contributed by atoms with Gasteiger partial charge in [-0.05, 0) is 80.9 Å². The summed E-state index contributed by atoms with van der Waals surface area (Å²) in [6.45, 7) is 14.1. The largest absolute Gasteiger partial charge is 0.348 e. The van der Waals surface area contributed by atoms with Gasteiger partial charge in [0, 0.05) is 37.8 Å². The van der Waals surface area contributed by atoms with Gasteiger partial charge < -0.3 is 10.2 Å². The van der Waals surface area contributed by atoms with Crippen LogP contribution in [0.25, 0.3) is 0 Å². The number of amides is 2. The highest BCUT2D eigenvalue weighted by atomic mass is 32.2. The molecule has 2 saturated carbocycles. The van der Waals surface area contributed by atoms with Crippen molar-refractivity contribution >= 4 is 21.8 Å². The molecule has 0 aromatic heterocycles. The van der Waals surface area contributed by atoms with Crippen molar-refractivity contribution in [3.8, 4) is 0 Å². The summed E-state index contributed by atoms with van der Waals surface area (Å²) in [7, 11) is -3.82. The zero-order valence-corrected chi connectivity index (χ0v) is 22.9. The third-order valence-electron chi connectivity index (χ3n) is 9.19. The molecule has 2 unspecified atom stereocenters. The predicted molar refractivity (Wildman–Crippen MR) is 136 cm³/mol. The minimum absolute atomic E-state index is 0.0134. The molecular formula is C27H41N3O4S. The van der Waals surface area contributed by atoms with Gasteiger partial charge >= 0.3 is 0 Å². The molecule has 3 fully saturated rings. The van der Waals surface area contributed by atoms with Gasteiger partial charge in [-0.15, -0.1) is 0 Å². The highest BCUT2D eigenvalue weighted by molar-refractivity contribution is 7.89. The molecule has 2 aliphatic carbocycles. The van der Waals surface area contributed by atoms with Crippen LogP contribution in [0.2, 0.25) is 0 Å². The first-order valence-electron chi connectivity index (χ1n) is 13.1. The Balaban J connectivity index is 1.53. The molecule has 0 spiro atoms. The summed E-state index contributed by atoms with van der Waals surface area (Å²) in [6, 6.07) is 5.00. The van der Waals surface area contributed by atoms with E-state index in [0.29, 0.717) is 43.1 Å². The number of rotatable bonds is 7. The van der Waals surface area contributed by atoms with Gasteiger partial charge in [0.1, 0.15) is 0 Å². The second-order valence-corrected chi connectivity index (χ2v) is 13.6. The van der Waals surface area contributed by atoms with Crippen molar-refractivity contribution in [2.45, 2.75) is 78.2 Å². The highest BCUT2D eigenvalue weighted by Crippen LogP contribution is 2.62. The molecule has 1 aromatic carbocycles. The monoisotopic (exact) mass is 503 g/mol. The van der Waals surface area contributed by atoms with Gasteiger partial charge in [-0.2, -0.15) is 4.31 Å². The van der Waals surface area contributed by atoms with E-state index < -0.39 is 10.0 Å². The summed E-state index contributed by atoms with van der Waals surface area (Å²) in [5.74, 6) is 0.0787. The van der Waals surface area contributed by atoms with E-state index in [2.05, 4.69) is 26.1 Å². The Hall–Kier alpha value is -1.93. The second kappa shape index (κ2) is 9.18. The van der Waals surface area contributed by atoms with Crippen molar-refractivity contribution < 1.29 is 18.0 Å². The first-order valence-corrected chi connectivity index (χ1v) is 14.5. The molecule has 1 aliphatic heterocycles. The van der Waals surface area contributed by atoms with E-state index in [-0.39, 0.29) is 46.0 Å². The average Bonchev–Trinajstić information content (AvgIpc) is 3.50. The van der Waals surface area contributed by atoms with Gasteiger partial charge in [-0.1, -0.05) is 26.8 Å². The van der Waals surface area contributed by atoms with Crippen molar-refractivity contribution in [1.82, 2.24) is 14.5 Å². The summed E-state index contributed by atoms with van der Waals surface area (Å²) in [5.41, 5.74) is 1.08. The lowest BCUT2D eigenvalue weighted by atomic mass is 9.68. The Morgan fingerprint density at radius 2 is 1.83 bits per heavy atom. The molecule has 3 aliphatic rings. The van der Waals surface area contributed by atoms with Crippen LogP contribution in [0.15, 0.2) is 23.1 Å². The van der Waals surface area contributed by atoms with Gasteiger partial charge in [0.2, 0.25) is 15.9 Å². The number of aryl methyl sites for hydroxylation is 1. The zero-order valence-electron chi connectivity index (χ0n) is 22.1. The van der Waals surface area contributed by atoms with Crippen LogP contribution in [0, 0.1) is 29.6 Å². The average molecular weight is 504 g/mol. The number of carbonyl (C=O) groups excluding carboxylic acids is 2. The summed E-state index contributed by atoms with van der Waals surface area (Å²) in [5, 5.41) is 3.27. The SMILES string of the molecule is CCN(CC)C(=O)C1CCN(S(=O)(=O)c2cc(C(=O)NC3C(C)(C)[C@@H]4CC[C@@]3(C)C4)ccc2C)C1. The topological polar surface area (TPSA) is 86.8 Å². The van der Waals surface area contributed by atoms with Crippen molar-refractivity contribution in [2.24, 2.45) is 22.7 Å². The number of sulfonamides is 1. The maximum absolute atomic E-state index is 13.6. The van der Waals surface area contributed by atoms with Crippen molar-refractivity contribution in [1.29, 1.82) is 0 Å².